The van der Waals surface area contributed by atoms with Gasteiger partial charge in [-0.15, -0.1) is 0 Å². The Morgan fingerprint density at radius 3 is 2.63 bits per heavy atom. The van der Waals surface area contributed by atoms with Gasteiger partial charge in [-0.05, 0) is 52.8 Å². The minimum Gasteiger partial charge on any atom is -0.497 e. The second-order valence-electron chi connectivity index (χ2n) is 7.28. The van der Waals surface area contributed by atoms with Gasteiger partial charge in [-0.2, -0.15) is 0 Å². The van der Waals surface area contributed by atoms with Crippen LogP contribution in [0.1, 0.15) is 24.0 Å². The summed E-state index contributed by atoms with van der Waals surface area (Å²) in [6.07, 6.45) is 3.66. The second-order valence-corrected chi connectivity index (χ2v) is 7.28. The van der Waals surface area contributed by atoms with Crippen LogP contribution >= 0.6 is 0 Å². The predicted octanol–water partition coefficient (Wildman–Crippen LogP) is 5.33. The summed E-state index contributed by atoms with van der Waals surface area (Å²) in [5.74, 6) is 0.628. The molecule has 4 heteroatoms. The van der Waals surface area contributed by atoms with Crippen molar-refractivity contribution in [3.05, 3.63) is 96.3 Å². The monoisotopic (exact) mass is 396 g/mol. The van der Waals surface area contributed by atoms with Gasteiger partial charge < -0.3 is 10.1 Å². The van der Waals surface area contributed by atoms with E-state index in [1.807, 2.05) is 67.7 Å². The molecule has 1 aromatic heterocycles. The smallest absolute Gasteiger partial charge is 0.227 e. The molecule has 0 aliphatic carbocycles. The van der Waals surface area contributed by atoms with Crippen molar-refractivity contribution in [3.8, 4) is 16.9 Å². The van der Waals surface area contributed by atoms with Crippen molar-refractivity contribution in [1.29, 1.82) is 0 Å². The summed E-state index contributed by atoms with van der Waals surface area (Å²) >= 11 is 0. The molecule has 0 unspecified atom stereocenters. The molecule has 4 nitrogen and oxygen atoms in total. The summed E-state index contributed by atoms with van der Waals surface area (Å²) in [7, 11) is 1.67. The zero-order valence-electron chi connectivity index (χ0n) is 17.1. The first-order valence-electron chi connectivity index (χ1n) is 10.00. The number of hydrogen-bond acceptors (Lipinski definition) is 3. The van der Waals surface area contributed by atoms with Crippen LogP contribution < -0.4 is 10.1 Å². The number of methoxy groups -OCH3 is 1. The molecule has 0 saturated heterocycles. The van der Waals surface area contributed by atoms with Crippen LogP contribution in [0.4, 0.5) is 0 Å². The fraction of sp³-hybridized carbons (Fsp3) is 0.154. The molecule has 0 spiro atoms. The van der Waals surface area contributed by atoms with E-state index >= 15 is 0 Å². The summed E-state index contributed by atoms with van der Waals surface area (Å²) in [4.78, 5) is 17.0. The Kier molecular flexibility index (Phi) is 5.75. The summed E-state index contributed by atoms with van der Waals surface area (Å²) in [6, 6.07) is 24.0. The summed E-state index contributed by atoms with van der Waals surface area (Å²) in [5.41, 5.74) is 4.24. The number of carbonyl (C=O) groups excluding carboxylic acids is 1. The van der Waals surface area contributed by atoms with Crippen LogP contribution in [-0.4, -0.2) is 18.0 Å². The lowest BCUT2D eigenvalue weighted by atomic mass is 9.96. The lowest BCUT2D eigenvalue weighted by Crippen LogP contribution is -2.27. The zero-order valence-corrected chi connectivity index (χ0v) is 17.1. The first kappa shape index (κ1) is 19.6. The number of fused-ring (bicyclic) bond motifs is 1. The van der Waals surface area contributed by atoms with E-state index in [1.54, 1.807) is 13.3 Å². The van der Waals surface area contributed by atoms with E-state index in [0.717, 1.165) is 38.8 Å². The number of hydrogen-bond donors (Lipinski definition) is 1. The number of aromatic nitrogens is 1. The fourth-order valence-electron chi connectivity index (χ4n) is 3.67. The van der Waals surface area contributed by atoms with Gasteiger partial charge >= 0.3 is 0 Å². The van der Waals surface area contributed by atoms with Gasteiger partial charge in [0, 0.05) is 24.3 Å². The Hall–Kier alpha value is -3.66. The Morgan fingerprint density at radius 1 is 1.00 bits per heavy atom. The molecule has 30 heavy (non-hydrogen) atoms. The molecule has 4 aromatic rings. The van der Waals surface area contributed by atoms with Gasteiger partial charge in [-0.3, -0.25) is 9.78 Å². The number of ether oxygens (including phenoxy) is 1. The molecule has 4 rings (SSSR count). The van der Waals surface area contributed by atoms with Crippen molar-refractivity contribution < 1.29 is 9.53 Å². The van der Waals surface area contributed by atoms with Gasteiger partial charge in [-0.25, -0.2) is 0 Å². The Labute approximate surface area is 176 Å². The first-order valence-corrected chi connectivity index (χ1v) is 10.00. The molecule has 0 aliphatic heterocycles. The van der Waals surface area contributed by atoms with Gasteiger partial charge in [0.1, 0.15) is 5.75 Å². The third kappa shape index (κ3) is 4.03. The molecule has 0 aliphatic rings. The third-order valence-corrected chi connectivity index (χ3v) is 5.44. The van der Waals surface area contributed by atoms with Crippen LogP contribution in [0.15, 0.2) is 85.2 Å². The highest BCUT2D eigenvalue weighted by Crippen LogP contribution is 2.32. The summed E-state index contributed by atoms with van der Waals surface area (Å²) in [6.45, 7) is 2.38. The Balaban J connectivity index is 1.61. The zero-order chi connectivity index (χ0) is 20.9. The van der Waals surface area contributed by atoms with E-state index in [9.17, 15) is 4.79 Å². The number of carbonyl (C=O) groups is 1. The molecular formula is C26H24N2O2. The van der Waals surface area contributed by atoms with Crippen molar-refractivity contribution >= 4 is 16.7 Å². The third-order valence-electron chi connectivity index (χ3n) is 5.44. The Morgan fingerprint density at radius 2 is 1.83 bits per heavy atom. The highest BCUT2D eigenvalue weighted by atomic mass is 16.5. The van der Waals surface area contributed by atoms with Crippen molar-refractivity contribution in [1.82, 2.24) is 10.3 Å². The molecule has 1 atom stereocenters. The van der Waals surface area contributed by atoms with Crippen molar-refractivity contribution in [2.24, 2.45) is 0 Å². The van der Waals surface area contributed by atoms with Crippen molar-refractivity contribution in [2.75, 3.05) is 7.11 Å². The second kappa shape index (κ2) is 8.78. The maximum Gasteiger partial charge on any atom is 0.227 e. The molecule has 0 radical (unpaired) electrons. The van der Waals surface area contributed by atoms with Crippen LogP contribution in [0.2, 0.25) is 0 Å². The number of benzene rings is 3. The van der Waals surface area contributed by atoms with E-state index in [4.69, 9.17) is 4.74 Å². The average molecular weight is 396 g/mol. The SMILES string of the molecule is COc1cccc(-c2ccc(CNC(=O)[C@H](C)c3ccccc3)c3cnccc23)c1. The van der Waals surface area contributed by atoms with Gasteiger partial charge in [0.05, 0.1) is 13.0 Å². The summed E-state index contributed by atoms with van der Waals surface area (Å²) in [5, 5.41) is 5.21. The fourth-order valence-corrected chi connectivity index (χ4v) is 3.67. The van der Waals surface area contributed by atoms with Gasteiger partial charge in [0.15, 0.2) is 0 Å². The van der Waals surface area contributed by atoms with E-state index in [1.165, 1.54) is 0 Å². The predicted molar refractivity (Wildman–Crippen MR) is 120 cm³/mol. The number of amides is 1. The maximum absolute atomic E-state index is 12.7. The van der Waals surface area contributed by atoms with E-state index in [2.05, 4.69) is 28.5 Å². The molecule has 0 bridgehead atoms. The van der Waals surface area contributed by atoms with Crippen LogP contribution in [0.3, 0.4) is 0 Å². The number of nitrogens with zero attached hydrogens (tertiary/aromatic N) is 1. The average Bonchev–Trinajstić information content (AvgIpc) is 2.82. The van der Waals surface area contributed by atoms with Crippen LogP contribution in [-0.2, 0) is 11.3 Å². The molecule has 1 heterocycles. The minimum atomic E-state index is -0.202. The maximum atomic E-state index is 12.7. The van der Waals surface area contributed by atoms with E-state index in [0.29, 0.717) is 6.54 Å². The molecule has 3 aromatic carbocycles. The topological polar surface area (TPSA) is 51.2 Å². The van der Waals surface area contributed by atoms with E-state index in [-0.39, 0.29) is 11.8 Å². The molecule has 0 saturated carbocycles. The largest absolute Gasteiger partial charge is 0.497 e. The molecular weight excluding hydrogens is 372 g/mol. The number of rotatable bonds is 6. The van der Waals surface area contributed by atoms with Crippen LogP contribution in [0, 0.1) is 0 Å². The molecule has 150 valence electrons. The van der Waals surface area contributed by atoms with Gasteiger partial charge in [-0.1, -0.05) is 54.6 Å². The van der Waals surface area contributed by atoms with Crippen molar-refractivity contribution in [2.45, 2.75) is 19.4 Å². The standard InChI is InChI=1S/C26H24N2O2/c1-18(19-7-4-3-5-8-19)26(29)28-16-21-11-12-23(24-13-14-27-17-25(21)24)20-9-6-10-22(15-20)30-2/h3-15,17-18H,16H2,1-2H3,(H,28,29)/t18-/m1/s1. The quantitative estimate of drug-likeness (QED) is 0.479. The Bertz CT molecular complexity index is 1170. The molecule has 1 amide bonds. The number of nitrogens with one attached hydrogen (secondary N) is 1. The summed E-state index contributed by atoms with van der Waals surface area (Å²) < 4.78 is 5.38. The lowest BCUT2D eigenvalue weighted by Gasteiger charge is -2.15. The first-order chi connectivity index (χ1) is 14.7. The van der Waals surface area contributed by atoms with Crippen LogP contribution in [0.5, 0.6) is 5.75 Å². The highest BCUT2D eigenvalue weighted by molar-refractivity contribution is 5.98. The van der Waals surface area contributed by atoms with Crippen LogP contribution in [0.25, 0.3) is 21.9 Å². The lowest BCUT2D eigenvalue weighted by molar-refractivity contribution is -0.122. The van der Waals surface area contributed by atoms with E-state index < -0.39 is 0 Å². The molecule has 0 fully saturated rings. The normalized spacial score (nSPS) is 11.8. The van der Waals surface area contributed by atoms with Crippen molar-refractivity contribution in [3.63, 3.8) is 0 Å². The van der Waals surface area contributed by atoms with Gasteiger partial charge in [0.2, 0.25) is 5.91 Å². The highest BCUT2D eigenvalue weighted by Gasteiger charge is 2.15. The van der Waals surface area contributed by atoms with Gasteiger partial charge in [0.25, 0.3) is 0 Å². The number of pyridine rings is 1. The molecule has 1 N–H and O–H groups in total. The minimum absolute atomic E-state index is 0.00936.